The Morgan fingerprint density at radius 2 is 2.22 bits per heavy atom. The maximum Gasteiger partial charge on any atom is 0.325 e. The van der Waals surface area contributed by atoms with E-state index in [1.165, 1.54) is 13.3 Å². The van der Waals surface area contributed by atoms with Crippen LogP contribution in [-0.2, 0) is 9.47 Å². The van der Waals surface area contributed by atoms with Crippen LogP contribution in [0.2, 0.25) is 0 Å². The number of hydrogen-bond donors (Lipinski definition) is 4. The topological polar surface area (TPSA) is 125 Å². The van der Waals surface area contributed by atoms with Gasteiger partial charge in [0.1, 0.15) is 24.4 Å². The van der Waals surface area contributed by atoms with Crippen LogP contribution in [0.25, 0.3) is 0 Å². The van der Waals surface area contributed by atoms with Gasteiger partial charge in [-0.1, -0.05) is 0 Å². The molecule has 0 amide bonds. The standard InChI is InChI=1S/C10H14N2O6/c1-17-8-5(3-13)18-7(6(8)14)4-2-11-10(16)12-9(4)15/h2,5-8,13-14H,3H2,1H3,(H2,11,12,15,16)/t5-,6+,7+,8-/m1/s1. The van der Waals surface area contributed by atoms with Crippen LogP contribution in [0.3, 0.4) is 0 Å². The molecule has 2 heterocycles. The van der Waals surface area contributed by atoms with Gasteiger partial charge in [0.15, 0.2) is 0 Å². The summed E-state index contributed by atoms with van der Waals surface area (Å²) in [5.74, 6) is 0. The van der Waals surface area contributed by atoms with Gasteiger partial charge < -0.3 is 24.7 Å². The van der Waals surface area contributed by atoms with Crippen molar-refractivity contribution in [2.75, 3.05) is 13.7 Å². The number of hydrogen-bond acceptors (Lipinski definition) is 6. The minimum absolute atomic E-state index is 0.0834. The van der Waals surface area contributed by atoms with Crippen LogP contribution in [0.4, 0.5) is 0 Å². The van der Waals surface area contributed by atoms with E-state index in [9.17, 15) is 14.7 Å². The summed E-state index contributed by atoms with van der Waals surface area (Å²) in [5.41, 5.74) is -1.20. The fourth-order valence-corrected chi connectivity index (χ4v) is 2.07. The van der Waals surface area contributed by atoms with Crippen LogP contribution in [0.15, 0.2) is 15.8 Å². The van der Waals surface area contributed by atoms with E-state index in [1.54, 1.807) is 0 Å². The zero-order valence-corrected chi connectivity index (χ0v) is 9.62. The summed E-state index contributed by atoms with van der Waals surface area (Å²) in [5, 5.41) is 19.1. The number of aromatic nitrogens is 2. The molecule has 0 radical (unpaired) electrons. The van der Waals surface area contributed by atoms with Crippen molar-refractivity contribution in [3.8, 4) is 0 Å². The normalized spacial score (nSPS) is 31.7. The predicted molar refractivity (Wildman–Crippen MR) is 59.2 cm³/mol. The lowest BCUT2D eigenvalue weighted by molar-refractivity contribution is -0.0365. The Labute approximate surface area is 101 Å². The molecule has 0 aromatic carbocycles. The second-order valence-corrected chi connectivity index (χ2v) is 4.00. The summed E-state index contributed by atoms with van der Waals surface area (Å²) in [6, 6.07) is 0. The van der Waals surface area contributed by atoms with Crippen molar-refractivity contribution in [3.63, 3.8) is 0 Å². The lowest BCUT2D eigenvalue weighted by atomic mass is 10.0. The van der Waals surface area contributed by atoms with Gasteiger partial charge >= 0.3 is 5.69 Å². The molecular weight excluding hydrogens is 244 g/mol. The van der Waals surface area contributed by atoms with Crippen molar-refractivity contribution in [3.05, 3.63) is 32.6 Å². The van der Waals surface area contributed by atoms with E-state index in [0.717, 1.165) is 0 Å². The highest BCUT2D eigenvalue weighted by Crippen LogP contribution is 2.32. The summed E-state index contributed by atoms with van der Waals surface area (Å²) in [6.07, 6.45) is -2.32. The van der Waals surface area contributed by atoms with Crippen LogP contribution in [0.1, 0.15) is 11.7 Å². The molecule has 1 aromatic heterocycles. The van der Waals surface area contributed by atoms with E-state index < -0.39 is 35.7 Å². The summed E-state index contributed by atoms with van der Waals surface area (Å²) < 4.78 is 10.4. The molecule has 1 aliphatic rings. The summed E-state index contributed by atoms with van der Waals surface area (Å²) >= 11 is 0. The van der Waals surface area contributed by atoms with Crippen molar-refractivity contribution in [2.24, 2.45) is 0 Å². The van der Waals surface area contributed by atoms with E-state index in [2.05, 4.69) is 4.98 Å². The first kappa shape index (κ1) is 13.0. The zero-order valence-electron chi connectivity index (χ0n) is 9.62. The van der Waals surface area contributed by atoms with Gasteiger partial charge in [0.25, 0.3) is 5.56 Å². The predicted octanol–water partition coefficient (Wildman–Crippen LogP) is -2.13. The van der Waals surface area contributed by atoms with Gasteiger partial charge in [0.2, 0.25) is 0 Å². The molecule has 0 saturated carbocycles. The van der Waals surface area contributed by atoms with Gasteiger partial charge in [-0.3, -0.25) is 9.78 Å². The quantitative estimate of drug-likeness (QED) is 0.491. The molecule has 8 heteroatoms. The van der Waals surface area contributed by atoms with E-state index in [0.29, 0.717) is 0 Å². The number of aliphatic hydroxyl groups is 2. The second kappa shape index (κ2) is 5.02. The molecule has 0 aliphatic carbocycles. The SMILES string of the molecule is CO[C@H]1[C@@H](O)[C@H](c2c[nH]c(=O)[nH]c2=O)O[C@@H]1CO. The molecule has 8 nitrogen and oxygen atoms in total. The minimum atomic E-state index is -1.10. The van der Waals surface area contributed by atoms with E-state index in [1.807, 2.05) is 4.98 Å². The lowest BCUT2D eigenvalue weighted by Crippen LogP contribution is -2.35. The molecule has 1 aliphatic heterocycles. The third-order valence-corrected chi connectivity index (χ3v) is 2.94. The Morgan fingerprint density at radius 3 is 2.72 bits per heavy atom. The molecule has 18 heavy (non-hydrogen) atoms. The average Bonchev–Trinajstić information content (AvgIpc) is 2.66. The molecule has 1 fully saturated rings. The van der Waals surface area contributed by atoms with Crippen molar-refractivity contribution < 1.29 is 19.7 Å². The summed E-state index contributed by atoms with van der Waals surface area (Å²) in [6.45, 7) is -0.340. The van der Waals surface area contributed by atoms with E-state index in [-0.39, 0.29) is 12.2 Å². The van der Waals surface area contributed by atoms with Gasteiger partial charge in [0.05, 0.1) is 12.2 Å². The number of H-pyrrole nitrogens is 2. The summed E-state index contributed by atoms with van der Waals surface area (Å²) in [7, 11) is 1.37. The van der Waals surface area contributed by atoms with Crippen molar-refractivity contribution in [1.82, 2.24) is 9.97 Å². The molecule has 4 N–H and O–H groups in total. The average molecular weight is 258 g/mol. The van der Waals surface area contributed by atoms with Crippen molar-refractivity contribution in [2.45, 2.75) is 24.4 Å². The number of aromatic amines is 2. The maximum atomic E-state index is 11.6. The number of aliphatic hydroxyl groups excluding tert-OH is 2. The largest absolute Gasteiger partial charge is 0.394 e. The Hall–Kier alpha value is -1.48. The molecule has 0 unspecified atom stereocenters. The van der Waals surface area contributed by atoms with Gasteiger partial charge in [-0.25, -0.2) is 4.79 Å². The number of nitrogens with one attached hydrogen (secondary N) is 2. The van der Waals surface area contributed by atoms with Crippen LogP contribution >= 0.6 is 0 Å². The Balaban J connectivity index is 2.34. The lowest BCUT2D eigenvalue weighted by Gasteiger charge is -2.16. The zero-order chi connectivity index (χ0) is 13.3. The number of rotatable bonds is 3. The third-order valence-electron chi connectivity index (χ3n) is 2.94. The first-order valence-corrected chi connectivity index (χ1v) is 5.37. The maximum absolute atomic E-state index is 11.6. The molecule has 2 rings (SSSR count). The van der Waals surface area contributed by atoms with Gasteiger partial charge in [-0.05, 0) is 0 Å². The number of methoxy groups -OCH3 is 1. The van der Waals surface area contributed by atoms with E-state index >= 15 is 0 Å². The monoisotopic (exact) mass is 258 g/mol. The Kier molecular flexibility index (Phi) is 3.62. The van der Waals surface area contributed by atoms with Crippen LogP contribution in [-0.4, -0.2) is 52.2 Å². The first-order chi connectivity index (χ1) is 8.58. The molecule has 1 aromatic rings. The van der Waals surface area contributed by atoms with Crippen LogP contribution in [0, 0.1) is 0 Å². The van der Waals surface area contributed by atoms with Gasteiger partial charge in [0, 0.05) is 13.3 Å². The first-order valence-electron chi connectivity index (χ1n) is 5.37. The Morgan fingerprint density at radius 1 is 1.50 bits per heavy atom. The second-order valence-electron chi connectivity index (χ2n) is 4.00. The fourth-order valence-electron chi connectivity index (χ4n) is 2.07. The third kappa shape index (κ3) is 2.10. The van der Waals surface area contributed by atoms with Crippen LogP contribution < -0.4 is 11.2 Å². The summed E-state index contributed by atoms with van der Waals surface area (Å²) in [4.78, 5) is 26.8. The van der Waals surface area contributed by atoms with Crippen molar-refractivity contribution in [1.29, 1.82) is 0 Å². The highest BCUT2D eigenvalue weighted by molar-refractivity contribution is 5.13. The van der Waals surface area contributed by atoms with Gasteiger partial charge in [-0.15, -0.1) is 0 Å². The van der Waals surface area contributed by atoms with Gasteiger partial charge in [-0.2, -0.15) is 0 Å². The minimum Gasteiger partial charge on any atom is -0.394 e. The molecule has 0 bridgehead atoms. The Bertz CT molecular complexity index is 524. The van der Waals surface area contributed by atoms with Crippen molar-refractivity contribution >= 4 is 0 Å². The fraction of sp³-hybridized carbons (Fsp3) is 0.600. The van der Waals surface area contributed by atoms with E-state index in [4.69, 9.17) is 14.6 Å². The highest BCUT2D eigenvalue weighted by atomic mass is 16.6. The molecule has 1 saturated heterocycles. The number of ether oxygens (including phenoxy) is 2. The molecule has 4 atom stereocenters. The smallest absolute Gasteiger partial charge is 0.325 e. The molecular formula is C10H14N2O6. The molecule has 0 spiro atoms. The highest BCUT2D eigenvalue weighted by Gasteiger charge is 2.45. The van der Waals surface area contributed by atoms with Crippen LogP contribution in [0.5, 0.6) is 0 Å². The molecule has 100 valence electrons.